The fraction of sp³-hybridized carbons (Fsp3) is 0.200. The summed E-state index contributed by atoms with van der Waals surface area (Å²) in [6.07, 6.45) is 0. The van der Waals surface area contributed by atoms with E-state index in [0.717, 1.165) is 10.3 Å². The highest BCUT2D eigenvalue weighted by atomic mass is 32.2. The molecule has 35 heavy (non-hydrogen) atoms. The van der Waals surface area contributed by atoms with E-state index in [2.05, 4.69) is 10.3 Å². The Bertz CT molecular complexity index is 1390. The third-order valence-corrected chi connectivity index (χ3v) is 8.36. The molecule has 4 aromatic rings. The van der Waals surface area contributed by atoms with Gasteiger partial charge in [0, 0.05) is 18.7 Å². The van der Waals surface area contributed by atoms with Crippen LogP contribution >= 0.6 is 11.3 Å². The molecule has 1 aromatic heterocycles. The van der Waals surface area contributed by atoms with Crippen molar-refractivity contribution in [3.8, 4) is 11.5 Å². The summed E-state index contributed by atoms with van der Waals surface area (Å²) >= 11 is 1.27. The number of amides is 1. The Labute approximate surface area is 208 Å². The Morgan fingerprint density at radius 2 is 1.63 bits per heavy atom. The molecule has 0 unspecified atom stereocenters. The monoisotopic (exact) mass is 511 g/mol. The third-order valence-electron chi connectivity index (χ3n) is 5.44. The molecule has 0 saturated heterocycles. The van der Waals surface area contributed by atoms with Crippen LogP contribution in [0, 0.1) is 0 Å². The molecule has 1 amide bonds. The number of sulfonamides is 1. The van der Waals surface area contributed by atoms with E-state index in [1.807, 2.05) is 30.3 Å². The molecule has 0 atom stereocenters. The second-order valence-electron chi connectivity index (χ2n) is 7.56. The molecule has 0 aliphatic carbocycles. The molecule has 10 heteroatoms. The van der Waals surface area contributed by atoms with Gasteiger partial charge in [-0.15, -0.1) is 0 Å². The van der Waals surface area contributed by atoms with Crippen LogP contribution in [0.2, 0.25) is 0 Å². The van der Waals surface area contributed by atoms with Crippen molar-refractivity contribution >= 4 is 42.6 Å². The smallest absolute Gasteiger partial charge is 0.257 e. The zero-order valence-corrected chi connectivity index (χ0v) is 21.2. The number of ether oxygens (including phenoxy) is 2. The van der Waals surface area contributed by atoms with Crippen LogP contribution in [0.3, 0.4) is 0 Å². The number of rotatable bonds is 9. The number of aromatic nitrogens is 1. The van der Waals surface area contributed by atoms with Crippen LogP contribution in [0.15, 0.2) is 71.6 Å². The predicted molar refractivity (Wildman–Crippen MR) is 137 cm³/mol. The number of carbonyl (C=O) groups excluding carboxylic acids is 1. The van der Waals surface area contributed by atoms with Crippen LogP contribution in [-0.2, 0) is 16.6 Å². The molecule has 0 aliphatic rings. The minimum Gasteiger partial charge on any atom is -0.495 e. The van der Waals surface area contributed by atoms with Crippen LogP contribution in [-0.4, -0.2) is 44.4 Å². The van der Waals surface area contributed by atoms with Gasteiger partial charge in [-0.05, 0) is 42.0 Å². The average molecular weight is 512 g/mol. The molecule has 1 N–H and O–H groups in total. The highest BCUT2D eigenvalue weighted by molar-refractivity contribution is 7.89. The number of thiazole rings is 1. The molecule has 0 aliphatic heterocycles. The molecule has 0 saturated carbocycles. The van der Waals surface area contributed by atoms with Gasteiger partial charge in [0.25, 0.3) is 5.91 Å². The molecule has 0 bridgehead atoms. The van der Waals surface area contributed by atoms with Gasteiger partial charge in [0.05, 0.1) is 19.1 Å². The summed E-state index contributed by atoms with van der Waals surface area (Å²) in [6, 6.07) is 18.8. The van der Waals surface area contributed by atoms with Gasteiger partial charge in [-0.2, -0.15) is 4.31 Å². The zero-order chi connectivity index (χ0) is 25.0. The first-order valence-electron chi connectivity index (χ1n) is 10.8. The molecule has 0 fully saturated rings. The van der Waals surface area contributed by atoms with E-state index >= 15 is 0 Å². The summed E-state index contributed by atoms with van der Waals surface area (Å²) in [7, 11) is -0.606. The first-order valence-corrected chi connectivity index (χ1v) is 13.1. The highest BCUT2D eigenvalue weighted by Gasteiger charge is 2.24. The lowest BCUT2D eigenvalue weighted by atomic mass is 10.2. The van der Waals surface area contributed by atoms with Crippen molar-refractivity contribution in [2.45, 2.75) is 18.4 Å². The highest BCUT2D eigenvalue weighted by Crippen LogP contribution is 2.38. The van der Waals surface area contributed by atoms with Crippen molar-refractivity contribution < 1.29 is 22.7 Å². The van der Waals surface area contributed by atoms with Crippen molar-refractivity contribution in [1.82, 2.24) is 9.29 Å². The van der Waals surface area contributed by atoms with Crippen molar-refractivity contribution in [2.24, 2.45) is 0 Å². The van der Waals surface area contributed by atoms with Crippen LogP contribution in [0.5, 0.6) is 11.5 Å². The van der Waals surface area contributed by atoms with E-state index in [9.17, 15) is 13.2 Å². The van der Waals surface area contributed by atoms with E-state index in [4.69, 9.17) is 9.47 Å². The summed E-state index contributed by atoms with van der Waals surface area (Å²) < 4.78 is 39.2. The second kappa shape index (κ2) is 10.4. The Balaban J connectivity index is 1.53. The van der Waals surface area contributed by atoms with Crippen molar-refractivity contribution in [1.29, 1.82) is 0 Å². The molecule has 0 radical (unpaired) electrons. The van der Waals surface area contributed by atoms with Gasteiger partial charge >= 0.3 is 0 Å². The SMILES string of the molecule is CCN(Cc1ccccc1)S(=O)(=O)c1ccc(C(=O)Nc2nc3c(OC)ccc(OC)c3s2)cc1. The second-order valence-corrected chi connectivity index (χ2v) is 10.5. The van der Waals surface area contributed by atoms with Crippen molar-refractivity contribution in [2.75, 3.05) is 26.1 Å². The summed E-state index contributed by atoms with van der Waals surface area (Å²) in [6.45, 7) is 2.39. The normalized spacial score (nSPS) is 11.5. The number of fused-ring (bicyclic) bond motifs is 1. The van der Waals surface area contributed by atoms with Gasteiger partial charge in [0.2, 0.25) is 10.0 Å². The Morgan fingerprint density at radius 3 is 2.26 bits per heavy atom. The zero-order valence-electron chi connectivity index (χ0n) is 19.5. The molecule has 1 heterocycles. The molecule has 182 valence electrons. The number of carbonyl (C=O) groups is 1. The van der Waals surface area contributed by atoms with Gasteiger partial charge in [0.1, 0.15) is 21.7 Å². The van der Waals surface area contributed by atoms with E-state index in [1.165, 1.54) is 39.9 Å². The number of benzene rings is 3. The van der Waals surface area contributed by atoms with E-state index in [0.29, 0.717) is 34.3 Å². The molecule has 8 nitrogen and oxygen atoms in total. The Kier molecular flexibility index (Phi) is 7.34. The number of hydrogen-bond acceptors (Lipinski definition) is 7. The van der Waals surface area contributed by atoms with Gasteiger partial charge in [-0.3, -0.25) is 10.1 Å². The maximum atomic E-state index is 13.2. The van der Waals surface area contributed by atoms with Crippen LogP contribution in [0.1, 0.15) is 22.8 Å². The summed E-state index contributed by atoms with van der Waals surface area (Å²) in [5.74, 6) is 0.801. The number of anilines is 1. The Morgan fingerprint density at radius 1 is 0.971 bits per heavy atom. The molecular weight excluding hydrogens is 486 g/mol. The molecule has 3 aromatic carbocycles. The standard InChI is InChI=1S/C25H25N3O5S2/c1-4-28(16-17-8-6-5-7-9-17)35(30,31)19-12-10-18(11-13-19)24(29)27-25-26-22-20(32-2)14-15-21(33-3)23(22)34-25/h5-15H,4,16H2,1-3H3,(H,26,27,29). The van der Waals surface area contributed by atoms with Crippen LogP contribution in [0.4, 0.5) is 5.13 Å². The van der Waals surface area contributed by atoms with Gasteiger partial charge in [0.15, 0.2) is 5.13 Å². The maximum absolute atomic E-state index is 13.2. The van der Waals surface area contributed by atoms with E-state index < -0.39 is 15.9 Å². The van der Waals surface area contributed by atoms with Gasteiger partial charge in [-0.25, -0.2) is 13.4 Å². The fourth-order valence-corrected chi connectivity index (χ4v) is 6.00. The largest absolute Gasteiger partial charge is 0.495 e. The third kappa shape index (κ3) is 5.14. The Hall–Kier alpha value is -3.47. The number of nitrogens with one attached hydrogen (secondary N) is 1. The lowest BCUT2D eigenvalue weighted by molar-refractivity contribution is 0.102. The molecule has 4 rings (SSSR count). The predicted octanol–water partition coefficient (Wildman–Crippen LogP) is 4.78. The summed E-state index contributed by atoms with van der Waals surface area (Å²) in [5.41, 5.74) is 1.80. The van der Waals surface area contributed by atoms with Crippen LogP contribution in [0.25, 0.3) is 10.2 Å². The van der Waals surface area contributed by atoms with Gasteiger partial charge < -0.3 is 9.47 Å². The topological polar surface area (TPSA) is 97.8 Å². The van der Waals surface area contributed by atoms with Gasteiger partial charge in [-0.1, -0.05) is 48.6 Å². The summed E-state index contributed by atoms with van der Waals surface area (Å²) in [4.78, 5) is 17.4. The van der Waals surface area contributed by atoms with Crippen molar-refractivity contribution in [3.05, 3.63) is 77.9 Å². The lowest BCUT2D eigenvalue weighted by Crippen LogP contribution is -2.30. The minimum absolute atomic E-state index is 0.126. The molecular formula is C25H25N3O5S2. The first kappa shape index (κ1) is 24.6. The maximum Gasteiger partial charge on any atom is 0.257 e. The number of hydrogen-bond donors (Lipinski definition) is 1. The number of methoxy groups -OCH3 is 2. The molecule has 0 spiro atoms. The lowest BCUT2D eigenvalue weighted by Gasteiger charge is -2.20. The quantitative estimate of drug-likeness (QED) is 0.347. The van der Waals surface area contributed by atoms with Crippen molar-refractivity contribution in [3.63, 3.8) is 0 Å². The van der Waals surface area contributed by atoms with E-state index in [1.54, 1.807) is 33.3 Å². The first-order chi connectivity index (χ1) is 16.9. The number of nitrogens with zero attached hydrogens (tertiary/aromatic N) is 2. The fourth-order valence-electron chi connectivity index (χ4n) is 3.59. The average Bonchev–Trinajstić information content (AvgIpc) is 3.30. The summed E-state index contributed by atoms with van der Waals surface area (Å²) in [5, 5.41) is 3.15. The minimum atomic E-state index is -3.72. The van der Waals surface area contributed by atoms with Crippen LogP contribution < -0.4 is 14.8 Å². The van der Waals surface area contributed by atoms with E-state index in [-0.39, 0.29) is 11.4 Å².